The Kier molecular flexibility index (Phi) is 3.11. The first kappa shape index (κ1) is 13.9. The number of aromatic hydroxyl groups is 2. The van der Waals surface area contributed by atoms with Crippen molar-refractivity contribution in [2.45, 2.75) is 39.0 Å². The van der Waals surface area contributed by atoms with E-state index in [1.807, 2.05) is 0 Å². The van der Waals surface area contributed by atoms with Gasteiger partial charge in [0.25, 0.3) is 0 Å². The maximum absolute atomic E-state index is 12.3. The first-order valence-corrected chi connectivity index (χ1v) is 7.12. The van der Waals surface area contributed by atoms with Gasteiger partial charge in [0.05, 0.1) is 17.9 Å². The molecule has 1 aromatic heterocycles. The number of carbonyl (C=O) groups excluding carboxylic acids is 2. The van der Waals surface area contributed by atoms with Crippen molar-refractivity contribution >= 4 is 11.8 Å². The van der Waals surface area contributed by atoms with Crippen LogP contribution in [-0.2, 0) is 11.2 Å². The molecule has 1 heterocycles. The van der Waals surface area contributed by atoms with Crippen LogP contribution in [0.5, 0.6) is 11.6 Å². The zero-order valence-corrected chi connectivity index (χ0v) is 11.8. The lowest BCUT2D eigenvalue weighted by Gasteiger charge is -2.44. The summed E-state index contributed by atoms with van der Waals surface area (Å²) in [5.41, 5.74) is -0.0441. The van der Waals surface area contributed by atoms with Gasteiger partial charge in [0, 0.05) is 6.42 Å². The average Bonchev–Trinajstić information content (AvgIpc) is 2.35. The summed E-state index contributed by atoms with van der Waals surface area (Å²) < 4.78 is 4.78. The Morgan fingerprint density at radius 3 is 2.62 bits per heavy atom. The minimum atomic E-state index is -0.875. The fourth-order valence-corrected chi connectivity index (χ4v) is 3.30. The topological polar surface area (TPSA) is 96.7 Å². The van der Waals surface area contributed by atoms with Gasteiger partial charge in [-0.3, -0.25) is 4.79 Å². The van der Waals surface area contributed by atoms with Gasteiger partial charge in [-0.2, -0.15) is 0 Å². The molecule has 21 heavy (non-hydrogen) atoms. The first-order valence-electron chi connectivity index (χ1n) is 7.12. The van der Waals surface area contributed by atoms with Crippen molar-refractivity contribution in [1.29, 1.82) is 0 Å². The van der Waals surface area contributed by atoms with Crippen LogP contribution in [0.2, 0.25) is 0 Å². The summed E-state index contributed by atoms with van der Waals surface area (Å²) in [5, 5.41) is 20.1. The number of ether oxygens (including phenoxy) is 1. The molecule has 2 aliphatic rings. The van der Waals surface area contributed by atoms with E-state index in [1.54, 1.807) is 6.92 Å². The summed E-state index contributed by atoms with van der Waals surface area (Å²) in [6, 6.07) is 0. The van der Waals surface area contributed by atoms with Crippen LogP contribution in [0.25, 0.3) is 0 Å². The van der Waals surface area contributed by atoms with Crippen molar-refractivity contribution < 1.29 is 24.5 Å². The second kappa shape index (κ2) is 4.72. The molecule has 6 nitrogen and oxygen atoms in total. The smallest absolute Gasteiger partial charge is 0.347 e. The average molecular weight is 291 g/mol. The fraction of sp³-hybridized carbons (Fsp3) is 0.533. The van der Waals surface area contributed by atoms with Gasteiger partial charge in [0.1, 0.15) is 5.75 Å². The van der Waals surface area contributed by atoms with Crippen LogP contribution in [0, 0.1) is 5.41 Å². The minimum Gasteiger partial charge on any atom is -0.506 e. The molecule has 1 aromatic rings. The first-order chi connectivity index (χ1) is 9.97. The van der Waals surface area contributed by atoms with Crippen LogP contribution in [0.4, 0.5) is 0 Å². The molecule has 3 rings (SSSR count). The quantitative estimate of drug-likeness (QED) is 0.809. The van der Waals surface area contributed by atoms with Crippen LogP contribution in [0.15, 0.2) is 0 Å². The van der Waals surface area contributed by atoms with E-state index in [-0.39, 0.29) is 23.4 Å². The van der Waals surface area contributed by atoms with E-state index in [0.29, 0.717) is 18.5 Å². The number of hydrogen-bond acceptors (Lipinski definition) is 6. The maximum Gasteiger partial charge on any atom is 0.347 e. The zero-order chi connectivity index (χ0) is 15.2. The molecule has 1 saturated carbocycles. The summed E-state index contributed by atoms with van der Waals surface area (Å²) in [5.74, 6) is -2.17. The standard InChI is InChI=1S/C15H17NO5/c1-2-21-14(20)11-12(18)10-8(16-13(11)19)6-15(4-3-5-15)7-9(10)17/h2-7H2,1H3,(H2,16,18,19). The van der Waals surface area contributed by atoms with Crippen LogP contribution >= 0.6 is 0 Å². The van der Waals surface area contributed by atoms with Crippen molar-refractivity contribution in [3.8, 4) is 11.6 Å². The van der Waals surface area contributed by atoms with E-state index in [9.17, 15) is 19.8 Å². The van der Waals surface area contributed by atoms with Crippen molar-refractivity contribution in [2.75, 3.05) is 6.61 Å². The molecule has 1 fully saturated rings. The summed E-state index contributed by atoms with van der Waals surface area (Å²) in [4.78, 5) is 28.1. The number of Topliss-reactive ketones (excluding diaryl/α,β-unsaturated/α-hetero) is 1. The van der Waals surface area contributed by atoms with Gasteiger partial charge in [-0.25, -0.2) is 9.78 Å². The second-order valence-electron chi connectivity index (χ2n) is 5.83. The summed E-state index contributed by atoms with van der Waals surface area (Å²) in [6.07, 6.45) is 3.92. The third-order valence-electron chi connectivity index (χ3n) is 4.48. The molecule has 0 radical (unpaired) electrons. The van der Waals surface area contributed by atoms with E-state index >= 15 is 0 Å². The van der Waals surface area contributed by atoms with Gasteiger partial charge in [-0.1, -0.05) is 6.42 Å². The third-order valence-corrected chi connectivity index (χ3v) is 4.48. The fourth-order valence-electron chi connectivity index (χ4n) is 3.30. The Morgan fingerprint density at radius 2 is 2.05 bits per heavy atom. The molecule has 0 unspecified atom stereocenters. The minimum absolute atomic E-state index is 0.0633. The number of pyridine rings is 1. The van der Waals surface area contributed by atoms with Gasteiger partial charge in [-0.05, 0) is 31.6 Å². The Bertz CT molecular complexity index is 633. The van der Waals surface area contributed by atoms with Crippen LogP contribution < -0.4 is 0 Å². The van der Waals surface area contributed by atoms with E-state index in [2.05, 4.69) is 4.98 Å². The summed E-state index contributed by atoms with van der Waals surface area (Å²) >= 11 is 0. The van der Waals surface area contributed by atoms with Gasteiger partial charge >= 0.3 is 5.97 Å². The Labute approximate surface area is 121 Å². The van der Waals surface area contributed by atoms with Gasteiger partial charge in [0.2, 0.25) is 5.88 Å². The Balaban J connectivity index is 2.08. The number of esters is 1. The molecule has 6 heteroatoms. The lowest BCUT2D eigenvalue weighted by Crippen LogP contribution is -2.38. The molecule has 0 bridgehead atoms. The number of carbonyl (C=O) groups is 2. The van der Waals surface area contributed by atoms with E-state index < -0.39 is 23.2 Å². The molecule has 0 aromatic carbocycles. The van der Waals surface area contributed by atoms with E-state index in [1.165, 1.54) is 0 Å². The highest BCUT2D eigenvalue weighted by Crippen LogP contribution is 2.51. The summed E-state index contributed by atoms with van der Waals surface area (Å²) in [7, 11) is 0. The molecular formula is C15H17NO5. The van der Waals surface area contributed by atoms with Gasteiger partial charge < -0.3 is 14.9 Å². The molecule has 2 aliphatic carbocycles. The number of hydrogen-bond donors (Lipinski definition) is 2. The molecule has 112 valence electrons. The maximum atomic E-state index is 12.3. The number of nitrogens with zero attached hydrogens (tertiary/aromatic N) is 1. The van der Waals surface area contributed by atoms with Gasteiger partial charge in [-0.15, -0.1) is 0 Å². The van der Waals surface area contributed by atoms with Crippen LogP contribution in [0.1, 0.15) is 59.0 Å². The number of ketones is 1. The molecule has 0 aliphatic heterocycles. The Morgan fingerprint density at radius 1 is 1.33 bits per heavy atom. The predicted molar refractivity (Wildman–Crippen MR) is 72.5 cm³/mol. The molecule has 2 N–H and O–H groups in total. The lowest BCUT2D eigenvalue weighted by atomic mass is 9.60. The highest BCUT2D eigenvalue weighted by molar-refractivity contribution is 6.06. The van der Waals surface area contributed by atoms with Crippen molar-refractivity contribution in [1.82, 2.24) is 4.98 Å². The molecule has 0 amide bonds. The van der Waals surface area contributed by atoms with Crippen LogP contribution in [-0.4, -0.2) is 33.6 Å². The normalized spacial score (nSPS) is 19.0. The highest BCUT2D eigenvalue weighted by atomic mass is 16.5. The summed E-state index contributed by atoms with van der Waals surface area (Å²) in [6.45, 7) is 1.72. The lowest BCUT2D eigenvalue weighted by molar-refractivity contribution is 0.0518. The Hall–Kier alpha value is -2.11. The zero-order valence-electron chi connectivity index (χ0n) is 11.8. The van der Waals surface area contributed by atoms with Crippen molar-refractivity contribution in [2.24, 2.45) is 5.41 Å². The third kappa shape index (κ3) is 2.05. The van der Waals surface area contributed by atoms with E-state index in [0.717, 1.165) is 19.3 Å². The molecule has 0 atom stereocenters. The van der Waals surface area contributed by atoms with Crippen molar-refractivity contribution in [3.05, 3.63) is 16.8 Å². The second-order valence-corrected chi connectivity index (χ2v) is 5.83. The monoisotopic (exact) mass is 291 g/mol. The molecule has 1 spiro atoms. The molecular weight excluding hydrogens is 274 g/mol. The van der Waals surface area contributed by atoms with Crippen molar-refractivity contribution in [3.63, 3.8) is 0 Å². The van der Waals surface area contributed by atoms with Crippen LogP contribution in [0.3, 0.4) is 0 Å². The number of fused-ring (bicyclic) bond motifs is 1. The number of aromatic nitrogens is 1. The predicted octanol–water partition coefficient (Wildman–Crippen LogP) is 1.97. The highest BCUT2D eigenvalue weighted by Gasteiger charge is 2.45. The largest absolute Gasteiger partial charge is 0.506 e. The van der Waals surface area contributed by atoms with Gasteiger partial charge in [0.15, 0.2) is 11.3 Å². The molecule has 0 saturated heterocycles. The number of rotatable bonds is 2. The SMILES string of the molecule is CCOC(=O)c1c(O)nc2c(c1O)C(=O)CC1(CCC1)C2. The van der Waals surface area contributed by atoms with E-state index in [4.69, 9.17) is 4.74 Å².